The fourth-order valence-corrected chi connectivity index (χ4v) is 3.39. The topological polar surface area (TPSA) is 75.2 Å². The van der Waals surface area contributed by atoms with Gasteiger partial charge in [-0.1, -0.05) is 6.07 Å². The molecule has 7 heteroatoms. The van der Waals surface area contributed by atoms with Gasteiger partial charge in [0, 0.05) is 24.2 Å². The smallest absolute Gasteiger partial charge is 0.247 e. The second-order valence-corrected chi connectivity index (χ2v) is 6.61. The normalized spacial score (nSPS) is 19.5. The number of hydrogen-bond donors (Lipinski definition) is 1. The summed E-state index contributed by atoms with van der Waals surface area (Å²) in [5, 5.41) is 2.88. The van der Waals surface area contributed by atoms with Gasteiger partial charge in [0.1, 0.15) is 6.04 Å². The molecule has 1 aliphatic heterocycles. The zero-order valence-electron chi connectivity index (χ0n) is 15.0. The third-order valence-corrected chi connectivity index (χ3v) is 4.70. The first-order valence-electron chi connectivity index (χ1n) is 8.55. The Morgan fingerprint density at radius 2 is 1.92 bits per heavy atom. The van der Waals surface area contributed by atoms with Crippen molar-refractivity contribution in [2.45, 2.75) is 45.7 Å². The molecule has 1 aromatic heterocycles. The Morgan fingerprint density at radius 3 is 2.58 bits per heavy atom. The SMILES string of the molecule is CC(=O)N1C(C(=O)Nc2ccc(C)c(-c3ncc(F)cn3)c2)CC[C@H]1C. The quantitative estimate of drug-likeness (QED) is 0.917. The second kappa shape index (κ2) is 7.19. The van der Waals surface area contributed by atoms with E-state index < -0.39 is 11.9 Å². The summed E-state index contributed by atoms with van der Waals surface area (Å²) in [7, 11) is 0. The molecule has 1 aliphatic rings. The van der Waals surface area contributed by atoms with Crippen molar-refractivity contribution in [1.29, 1.82) is 0 Å². The molecule has 1 unspecified atom stereocenters. The van der Waals surface area contributed by atoms with Crippen LogP contribution in [0.1, 0.15) is 32.3 Å². The number of aryl methyl sites for hydroxylation is 1. The molecular formula is C19H21FN4O2. The third kappa shape index (κ3) is 3.56. The monoisotopic (exact) mass is 356 g/mol. The predicted octanol–water partition coefficient (Wildman–Crippen LogP) is 2.93. The number of halogens is 1. The number of nitrogens with one attached hydrogen (secondary N) is 1. The van der Waals surface area contributed by atoms with Gasteiger partial charge in [0.15, 0.2) is 11.6 Å². The number of anilines is 1. The Labute approximate surface area is 151 Å². The average Bonchev–Trinajstić information content (AvgIpc) is 2.99. The molecule has 1 aromatic carbocycles. The fraction of sp³-hybridized carbons (Fsp3) is 0.368. The number of carbonyl (C=O) groups is 2. The van der Waals surface area contributed by atoms with Crippen LogP contribution >= 0.6 is 0 Å². The lowest BCUT2D eigenvalue weighted by atomic mass is 10.1. The maximum absolute atomic E-state index is 13.0. The highest BCUT2D eigenvalue weighted by Crippen LogP contribution is 2.27. The van der Waals surface area contributed by atoms with E-state index in [9.17, 15) is 14.0 Å². The first-order chi connectivity index (χ1) is 12.4. The predicted molar refractivity (Wildman–Crippen MR) is 95.8 cm³/mol. The van der Waals surface area contributed by atoms with Crippen molar-refractivity contribution in [3.63, 3.8) is 0 Å². The number of benzene rings is 1. The van der Waals surface area contributed by atoms with Gasteiger partial charge in [-0.2, -0.15) is 0 Å². The molecule has 2 amide bonds. The summed E-state index contributed by atoms with van der Waals surface area (Å²) in [6.07, 6.45) is 3.67. The minimum Gasteiger partial charge on any atom is -0.328 e. The molecule has 3 rings (SSSR count). The molecule has 0 aliphatic carbocycles. The van der Waals surface area contributed by atoms with Crippen molar-refractivity contribution in [3.8, 4) is 11.4 Å². The van der Waals surface area contributed by atoms with Crippen molar-refractivity contribution in [1.82, 2.24) is 14.9 Å². The van der Waals surface area contributed by atoms with Crippen LogP contribution in [0.25, 0.3) is 11.4 Å². The Kier molecular flexibility index (Phi) is 4.97. The number of amides is 2. The summed E-state index contributed by atoms with van der Waals surface area (Å²) < 4.78 is 13.0. The van der Waals surface area contributed by atoms with Crippen LogP contribution in [0, 0.1) is 12.7 Å². The van der Waals surface area contributed by atoms with Crippen LogP contribution in [0.5, 0.6) is 0 Å². The highest BCUT2D eigenvalue weighted by molar-refractivity contribution is 5.97. The van der Waals surface area contributed by atoms with Gasteiger partial charge >= 0.3 is 0 Å². The number of likely N-dealkylation sites (tertiary alicyclic amines) is 1. The second-order valence-electron chi connectivity index (χ2n) is 6.61. The van der Waals surface area contributed by atoms with Crippen LogP contribution in [0.2, 0.25) is 0 Å². The number of aromatic nitrogens is 2. The average molecular weight is 356 g/mol. The third-order valence-electron chi connectivity index (χ3n) is 4.70. The summed E-state index contributed by atoms with van der Waals surface area (Å²) >= 11 is 0. The first-order valence-corrected chi connectivity index (χ1v) is 8.55. The van der Waals surface area contributed by atoms with Gasteiger partial charge in [0.05, 0.1) is 12.4 Å². The van der Waals surface area contributed by atoms with Crippen LogP contribution in [0.3, 0.4) is 0 Å². The maximum Gasteiger partial charge on any atom is 0.247 e. The highest BCUT2D eigenvalue weighted by Gasteiger charge is 2.37. The van der Waals surface area contributed by atoms with Gasteiger partial charge in [-0.25, -0.2) is 14.4 Å². The molecule has 2 aromatic rings. The lowest BCUT2D eigenvalue weighted by molar-refractivity contribution is -0.136. The van der Waals surface area contributed by atoms with Crippen LogP contribution < -0.4 is 5.32 Å². The van der Waals surface area contributed by atoms with Gasteiger partial charge in [-0.15, -0.1) is 0 Å². The standard InChI is InChI=1S/C19H21FN4O2/c1-11-4-6-15(8-16(11)18-21-9-14(20)10-22-18)23-19(26)17-7-5-12(2)24(17)13(3)25/h4,6,8-10,12,17H,5,7H2,1-3H3,(H,23,26)/t12-,17?/m1/s1. The van der Waals surface area contributed by atoms with Crippen molar-refractivity contribution < 1.29 is 14.0 Å². The van der Waals surface area contributed by atoms with Crippen LogP contribution in [0.4, 0.5) is 10.1 Å². The zero-order valence-corrected chi connectivity index (χ0v) is 15.0. The molecule has 1 fully saturated rings. The van der Waals surface area contributed by atoms with E-state index in [1.807, 2.05) is 19.9 Å². The lowest BCUT2D eigenvalue weighted by Gasteiger charge is -2.26. The minimum atomic E-state index is -0.504. The molecule has 1 saturated heterocycles. The number of rotatable bonds is 3. The molecular weight excluding hydrogens is 335 g/mol. The lowest BCUT2D eigenvalue weighted by Crippen LogP contribution is -2.45. The van der Waals surface area contributed by atoms with E-state index in [2.05, 4.69) is 15.3 Å². The van der Waals surface area contributed by atoms with E-state index in [1.54, 1.807) is 17.0 Å². The summed E-state index contributed by atoms with van der Waals surface area (Å²) in [6, 6.07) is 4.99. The van der Waals surface area contributed by atoms with Gasteiger partial charge in [0.2, 0.25) is 11.8 Å². The van der Waals surface area contributed by atoms with E-state index in [0.717, 1.165) is 24.4 Å². The maximum atomic E-state index is 13.0. The molecule has 136 valence electrons. The Balaban J connectivity index is 1.82. The van der Waals surface area contributed by atoms with E-state index in [4.69, 9.17) is 0 Å². The van der Waals surface area contributed by atoms with Crippen molar-refractivity contribution >= 4 is 17.5 Å². The van der Waals surface area contributed by atoms with Gasteiger partial charge in [-0.3, -0.25) is 9.59 Å². The highest BCUT2D eigenvalue weighted by atomic mass is 19.1. The van der Waals surface area contributed by atoms with E-state index in [1.165, 1.54) is 6.92 Å². The first kappa shape index (κ1) is 18.0. The van der Waals surface area contributed by atoms with E-state index >= 15 is 0 Å². The molecule has 0 saturated carbocycles. The van der Waals surface area contributed by atoms with Crippen molar-refractivity contribution in [3.05, 3.63) is 42.0 Å². The molecule has 1 N–H and O–H groups in total. The summed E-state index contributed by atoms with van der Waals surface area (Å²) in [6.45, 7) is 5.33. The number of nitrogens with zero attached hydrogens (tertiary/aromatic N) is 3. The summed E-state index contributed by atoms with van der Waals surface area (Å²) in [4.78, 5) is 34.1. The molecule has 0 spiro atoms. The van der Waals surface area contributed by atoms with Crippen LogP contribution in [-0.4, -0.2) is 38.8 Å². The molecule has 2 atom stereocenters. The summed E-state index contributed by atoms with van der Waals surface area (Å²) in [5.41, 5.74) is 2.21. The molecule has 26 heavy (non-hydrogen) atoms. The number of carbonyl (C=O) groups excluding carboxylic acids is 2. The molecule has 0 radical (unpaired) electrons. The Hall–Kier alpha value is -2.83. The van der Waals surface area contributed by atoms with Crippen LogP contribution in [0.15, 0.2) is 30.6 Å². The molecule has 6 nitrogen and oxygen atoms in total. The van der Waals surface area contributed by atoms with Gasteiger partial charge < -0.3 is 10.2 Å². The minimum absolute atomic E-state index is 0.0597. The summed E-state index contributed by atoms with van der Waals surface area (Å²) in [5.74, 6) is -0.422. The Bertz CT molecular complexity index is 838. The van der Waals surface area contributed by atoms with Crippen molar-refractivity contribution in [2.75, 3.05) is 5.32 Å². The van der Waals surface area contributed by atoms with Gasteiger partial charge in [0.25, 0.3) is 0 Å². The van der Waals surface area contributed by atoms with Gasteiger partial charge in [-0.05, 0) is 44.4 Å². The van der Waals surface area contributed by atoms with Crippen LogP contribution in [-0.2, 0) is 9.59 Å². The van der Waals surface area contributed by atoms with E-state index in [-0.39, 0.29) is 17.9 Å². The number of hydrogen-bond acceptors (Lipinski definition) is 4. The zero-order chi connectivity index (χ0) is 18.8. The van der Waals surface area contributed by atoms with E-state index in [0.29, 0.717) is 23.5 Å². The van der Waals surface area contributed by atoms with Crippen molar-refractivity contribution in [2.24, 2.45) is 0 Å². The molecule has 0 bridgehead atoms. The molecule has 2 heterocycles. The Morgan fingerprint density at radius 1 is 1.23 bits per heavy atom. The largest absolute Gasteiger partial charge is 0.328 e. The fourth-order valence-electron chi connectivity index (χ4n) is 3.39.